The number of carbonyl (C=O) groups is 1. The van der Waals surface area contributed by atoms with Gasteiger partial charge in [-0.2, -0.15) is 0 Å². The summed E-state index contributed by atoms with van der Waals surface area (Å²) in [5.41, 5.74) is 2.19. The van der Waals surface area contributed by atoms with Gasteiger partial charge in [0, 0.05) is 24.7 Å². The minimum atomic E-state index is -0.165. The molecule has 3 N–H and O–H groups in total. The average molecular weight is 291 g/mol. The van der Waals surface area contributed by atoms with E-state index in [9.17, 15) is 9.90 Å². The van der Waals surface area contributed by atoms with Gasteiger partial charge in [-0.3, -0.25) is 4.79 Å². The summed E-state index contributed by atoms with van der Waals surface area (Å²) in [7, 11) is 0. The van der Waals surface area contributed by atoms with Crippen molar-refractivity contribution in [2.75, 3.05) is 10.6 Å². The molecule has 0 bridgehead atoms. The number of halogens is 1. The van der Waals surface area contributed by atoms with Crippen molar-refractivity contribution in [3.8, 4) is 5.75 Å². The zero-order chi connectivity index (χ0) is 14.5. The van der Waals surface area contributed by atoms with Crippen LogP contribution in [0.15, 0.2) is 42.5 Å². The van der Waals surface area contributed by atoms with Crippen molar-refractivity contribution in [1.82, 2.24) is 0 Å². The first kappa shape index (κ1) is 14.2. The Morgan fingerprint density at radius 2 is 2.00 bits per heavy atom. The van der Waals surface area contributed by atoms with Gasteiger partial charge < -0.3 is 15.7 Å². The molecule has 0 aliphatic carbocycles. The maximum atomic E-state index is 11.0. The Labute approximate surface area is 122 Å². The first-order valence-electron chi connectivity index (χ1n) is 6.14. The highest BCUT2D eigenvalue weighted by atomic mass is 35.5. The molecule has 20 heavy (non-hydrogen) atoms. The first-order valence-corrected chi connectivity index (χ1v) is 6.52. The highest BCUT2D eigenvalue weighted by Gasteiger charge is 2.04. The number of rotatable bonds is 4. The number of amides is 1. The van der Waals surface area contributed by atoms with Gasteiger partial charge in [0.1, 0.15) is 5.75 Å². The van der Waals surface area contributed by atoms with Crippen LogP contribution in [0.2, 0.25) is 5.02 Å². The monoisotopic (exact) mass is 290 g/mol. The molecular weight excluding hydrogens is 276 g/mol. The van der Waals surface area contributed by atoms with Crippen molar-refractivity contribution in [3.05, 3.63) is 53.1 Å². The van der Waals surface area contributed by atoms with Crippen LogP contribution in [-0.2, 0) is 11.3 Å². The topological polar surface area (TPSA) is 61.4 Å². The zero-order valence-corrected chi connectivity index (χ0v) is 11.7. The van der Waals surface area contributed by atoms with Crippen LogP contribution in [0.1, 0.15) is 12.5 Å². The number of phenols is 1. The molecule has 2 rings (SSSR count). The third-order valence-corrected chi connectivity index (χ3v) is 3.07. The summed E-state index contributed by atoms with van der Waals surface area (Å²) in [6, 6.07) is 12.4. The van der Waals surface area contributed by atoms with Crippen LogP contribution in [0, 0.1) is 0 Å². The second-order valence-electron chi connectivity index (χ2n) is 4.36. The van der Waals surface area contributed by atoms with Crippen LogP contribution in [0.25, 0.3) is 0 Å². The number of nitrogens with one attached hydrogen (secondary N) is 2. The molecule has 0 atom stereocenters. The molecule has 0 unspecified atom stereocenters. The van der Waals surface area contributed by atoms with Crippen molar-refractivity contribution in [1.29, 1.82) is 0 Å². The van der Waals surface area contributed by atoms with E-state index < -0.39 is 0 Å². The van der Waals surface area contributed by atoms with Crippen molar-refractivity contribution in [3.63, 3.8) is 0 Å². The Bertz CT molecular complexity index is 629. The molecule has 0 saturated carbocycles. The summed E-state index contributed by atoms with van der Waals surface area (Å²) < 4.78 is 0. The molecule has 2 aromatic rings. The summed E-state index contributed by atoms with van der Waals surface area (Å²) in [5, 5.41) is 15.9. The van der Waals surface area contributed by atoms with E-state index in [1.807, 2.05) is 18.2 Å². The second kappa shape index (κ2) is 6.30. The van der Waals surface area contributed by atoms with Crippen molar-refractivity contribution in [2.24, 2.45) is 0 Å². The number of hydrogen-bond acceptors (Lipinski definition) is 3. The van der Waals surface area contributed by atoms with Crippen LogP contribution in [0.3, 0.4) is 0 Å². The number of aromatic hydroxyl groups is 1. The van der Waals surface area contributed by atoms with Crippen LogP contribution < -0.4 is 10.6 Å². The standard InChI is InChI=1S/C15H15ClN2O2/c1-10(19)18-14-7-6-12(8-13(14)16)17-9-11-4-2-3-5-15(11)20/h2-8,17,20H,9H2,1H3,(H,18,19). The van der Waals surface area contributed by atoms with Gasteiger partial charge in [-0.05, 0) is 24.3 Å². The van der Waals surface area contributed by atoms with E-state index in [1.54, 1.807) is 24.3 Å². The van der Waals surface area contributed by atoms with E-state index in [0.29, 0.717) is 17.3 Å². The van der Waals surface area contributed by atoms with Crippen molar-refractivity contribution >= 4 is 28.9 Å². The van der Waals surface area contributed by atoms with Crippen molar-refractivity contribution in [2.45, 2.75) is 13.5 Å². The van der Waals surface area contributed by atoms with Gasteiger partial charge in [0.2, 0.25) is 5.91 Å². The third-order valence-electron chi connectivity index (χ3n) is 2.75. The molecule has 0 saturated heterocycles. The van der Waals surface area contributed by atoms with E-state index in [-0.39, 0.29) is 11.7 Å². The second-order valence-corrected chi connectivity index (χ2v) is 4.77. The summed E-state index contributed by atoms with van der Waals surface area (Å²) in [5.74, 6) is 0.0859. The van der Waals surface area contributed by atoms with Crippen LogP contribution in [0.5, 0.6) is 5.75 Å². The van der Waals surface area contributed by atoms with Crippen LogP contribution >= 0.6 is 11.6 Å². The molecular formula is C15H15ClN2O2. The summed E-state index contributed by atoms with van der Waals surface area (Å²) in [6.07, 6.45) is 0. The van der Waals surface area contributed by atoms with Crippen molar-refractivity contribution < 1.29 is 9.90 Å². The minimum absolute atomic E-state index is 0.165. The molecule has 0 spiro atoms. The molecule has 0 radical (unpaired) electrons. The molecule has 0 fully saturated rings. The Kier molecular flexibility index (Phi) is 4.48. The number of carbonyl (C=O) groups excluding carboxylic acids is 1. The Morgan fingerprint density at radius 1 is 1.25 bits per heavy atom. The number of para-hydroxylation sites is 1. The minimum Gasteiger partial charge on any atom is -0.508 e. The number of anilines is 2. The maximum Gasteiger partial charge on any atom is 0.221 e. The quantitative estimate of drug-likeness (QED) is 0.806. The Hall–Kier alpha value is -2.20. The zero-order valence-electron chi connectivity index (χ0n) is 11.0. The van der Waals surface area contributed by atoms with E-state index >= 15 is 0 Å². The summed E-state index contributed by atoms with van der Waals surface area (Å²) in [6.45, 7) is 1.92. The molecule has 2 aromatic carbocycles. The molecule has 104 valence electrons. The molecule has 1 amide bonds. The maximum absolute atomic E-state index is 11.0. The van der Waals surface area contributed by atoms with Gasteiger partial charge in [-0.15, -0.1) is 0 Å². The van der Waals surface area contributed by atoms with E-state index in [4.69, 9.17) is 11.6 Å². The van der Waals surface area contributed by atoms with E-state index in [1.165, 1.54) is 6.92 Å². The molecule has 0 aliphatic heterocycles. The fourth-order valence-electron chi connectivity index (χ4n) is 1.77. The lowest BCUT2D eigenvalue weighted by molar-refractivity contribution is -0.114. The lowest BCUT2D eigenvalue weighted by atomic mass is 10.2. The Morgan fingerprint density at radius 3 is 2.65 bits per heavy atom. The summed E-state index contributed by atoms with van der Waals surface area (Å²) >= 11 is 6.08. The van der Waals surface area contributed by atoms with Gasteiger partial charge >= 0.3 is 0 Å². The van der Waals surface area contributed by atoms with E-state index in [0.717, 1.165) is 11.3 Å². The predicted molar refractivity (Wildman–Crippen MR) is 81.2 cm³/mol. The highest BCUT2D eigenvalue weighted by molar-refractivity contribution is 6.34. The molecule has 0 aliphatic rings. The molecule has 0 heterocycles. The van der Waals surface area contributed by atoms with E-state index in [2.05, 4.69) is 10.6 Å². The number of hydrogen-bond donors (Lipinski definition) is 3. The summed E-state index contributed by atoms with van der Waals surface area (Å²) in [4.78, 5) is 11.0. The van der Waals surface area contributed by atoms with Crippen LogP contribution in [0.4, 0.5) is 11.4 Å². The van der Waals surface area contributed by atoms with Gasteiger partial charge in [0.25, 0.3) is 0 Å². The fraction of sp³-hybridized carbons (Fsp3) is 0.133. The average Bonchev–Trinajstić information content (AvgIpc) is 2.40. The van der Waals surface area contributed by atoms with Gasteiger partial charge in [-0.1, -0.05) is 29.8 Å². The van der Waals surface area contributed by atoms with Crippen LogP contribution in [-0.4, -0.2) is 11.0 Å². The van der Waals surface area contributed by atoms with Gasteiger partial charge in [0.05, 0.1) is 10.7 Å². The Balaban J connectivity index is 2.06. The molecule has 4 nitrogen and oxygen atoms in total. The van der Waals surface area contributed by atoms with Gasteiger partial charge in [-0.25, -0.2) is 0 Å². The van der Waals surface area contributed by atoms with Gasteiger partial charge in [0.15, 0.2) is 0 Å². The molecule has 0 aromatic heterocycles. The lowest BCUT2D eigenvalue weighted by Gasteiger charge is -2.10. The number of benzene rings is 2. The molecule has 5 heteroatoms. The first-order chi connectivity index (χ1) is 9.56. The predicted octanol–water partition coefficient (Wildman–Crippen LogP) is 3.62. The number of phenolic OH excluding ortho intramolecular Hbond substituents is 1. The largest absolute Gasteiger partial charge is 0.508 e. The fourth-order valence-corrected chi connectivity index (χ4v) is 2.00. The highest BCUT2D eigenvalue weighted by Crippen LogP contribution is 2.26. The lowest BCUT2D eigenvalue weighted by Crippen LogP contribution is -2.06. The normalized spacial score (nSPS) is 10.1. The third kappa shape index (κ3) is 3.65. The SMILES string of the molecule is CC(=O)Nc1ccc(NCc2ccccc2O)cc1Cl. The smallest absolute Gasteiger partial charge is 0.221 e.